The Morgan fingerprint density at radius 2 is 1.92 bits per heavy atom. The zero-order chi connectivity index (χ0) is 18.5. The van der Waals surface area contributed by atoms with Crippen LogP contribution in [0.15, 0.2) is 48.5 Å². The summed E-state index contributed by atoms with van der Waals surface area (Å²) in [6.07, 6.45) is 2.11. The molecule has 6 heteroatoms. The van der Waals surface area contributed by atoms with E-state index in [1.165, 1.54) is 19.1 Å². The lowest BCUT2D eigenvalue weighted by Crippen LogP contribution is -2.22. The third-order valence-corrected chi connectivity index (χ3v) is 3.79. The van der Waals surface area contributed by atoms with Crippen LogP contribution in [0.2, 0.25) is 0 Å². The number of ketones is 1. The van der Waals surface area contributed by atoms with Crippen molar-refractivity contribution < 1.29 is 28.9 Å². The van der Waals surface area contributed by atoms with Crippen LogP contribution in [0.1, 0.15) is 22.8 Å². The second-order valence-electron chi connectivity index (χ2n) is 5.70. The van der Waals surface area contributed by atoms with E-state index in [0.717, 1.165) is 5.56 Å². The average Bonchev–Trinajstić information content (AvgIpc) is 2.66. The van der Waals surface area contributed by atoms with Crippen molar-refractivity contribution in [2.24, 2.45) is 0 Å². The molecule has 0 spiro atoms. The summed E-state index contributed by atoms with van der Waals surface area (Å²) in [7, 11) is 0. The van der Waals surface area contributed by atoms with Gasteiger partial charge in [0.25, 0.3) is 0 Å². The molecule has 1 unspecified atom stereocenters. The number of rotatable bonds is 6. The largest absolute Gasteiger partial charge is 0.486 e. The molecule has 0 saturated carbocycles. The van der Waals surface area contributed by atoms with Crippen LogP contribution in [0, 0.1) is 0 Å². The summed E-state index contributed by atoms with van der Waals surface area (Å²) < 4.78 is 16.4. The van der Waals surface area contributed by atoms with Gasteiger partial charge >= 0.3 is 5.97 Å². The van der Waals surface area contributed by atoms with Gasteiger partial charge in [-0.15, -0.1) is 0 Å². The third kappa shape index (κ3) is 4.03. The average molecular weight is 354 g/mol. The van der Waals surface area contributed by atoms with E-state index in [0.29, 0.717) is 36.0 Å². The summed E-state index contributed by atoms with van der Waals surface area (Å²) in [5.41, 5.74) is 1.15. The Morgan fingerprint density at radius 1 is 1.15 bits per heavy atom. The van der Waals surface area contributed by atoms with E-state index in [2.05, 4.69) is 0 Å². The minimum atomic E-state index is -1.07. The number of carbonyl (C=O) groups excluding carboxylic acids is 1. The Balaban J connectivity index is 1.76. The molecule has 1 atom stereocenters. The topological polar surface area (TPSA) is 82.1 Å². The molecule has 134 valence electrons. The number of carbonyl (C=O) groups is 2. The fourth-order valence-electron chi connectivity index (χ4n) is 2.47. The van der Waals surface area contributed by atoms with E-state index in [1.807, 2.05) is 18.2 Å². The number of hydrogen-bond acceptors (Lipinski definition) is 5. The van der Waals surface area contributed by atoms with Gasteiger partial charge in [0.1, 0.15) is 19.0 Å². The molecule has 0 bridgehead atoms. The number of benzene rings is 2. The first kappa shape index (κ1) is 17.5. The third-order valence-electron chi connectivity index (χ3n) is 3.79. The zero-order valence-corrected chi connectivity index (χ0v) is 14.2. The molecule has 0 aliphatic carbocycles. The van der Waals surface area contributed by atoms with Crippen molar-refractivity contribution in [1.29, 1.82) is 0 Å². The lowest BCUT2D eigenvalue weighted by Gasteiger charge is -2.19. The molecule has 2 aromatic carbocycles. The van der Waals surface area contributed by atoms with Crippen molar-refractivity contribution in [3.05, 3.63) is 59.7 Å². The summed E-state index contributed by atoms with van der Waals surface area (Å²) in [6, 6.07) is 11.9. The van der Waals surface area contributed by atoms with Crippen molar-refractivity contribution in [3.63, 3.8) is 0 Å². The second kappa shape index (κ2) is 7.74. The second-order valence-corrected chi connectivity index (χ2v) is 5.70. The number of hydrogen-bond donors (Lipinski definition) is 1. The number of fused-ring (bicyclic) bond motifs is 1. The maximum atomic E-state index is 12.4. The highest BCUT2D eigenvalue weighted by atomic mass is 16.6. The standard InChI is InChI=1S/C20H18O6/c1-13(20(22)23)26-16-6-2-5-15(12-16)17(21)9-8-14-4-3-7-18-19(14)25-11-10-24-18/h2-9,12-13H,10-11H2,1H3,(H,22,23). The number of carboxylic acid groups (broad SMARTS) is 1. The van der Waals surface area contributed by atoms with Crippen LogP contribution >= 0.6 is 0 Å². The first-order valence-electron chi connectivity index (χ1n) is 8.15. The molecule has 1 aliphatic heterocycles. The molecule has 26 heavy (non-hydrogen) atoms. The molecule has 3 rings (SSSR count). The Labute approximate surface area is 150 Å². The van der Waals surface area contributed by atoms with Crippen molar-refractivity contribution in [1.82, 2.24) is 0 Å². The van der Waals surface area contributed by atoms with Crippen molar-refractivity contribution in [2.75, 3.05) is 13.2 Å². The molecule has 6 nitrogen and oxygen atoms in total. The summed E-state index contributed by atoms with van der Waals surface area (Å²) in [5, 5.41) is 8.90. The van der Waals surface area contributed by atoms with E-state index in [9.17, 15) is 9.59 Å². The molecular weight excluding hydrogens is 336 g/mol. The first-order valence-corrected chi connectivity index (χ1v) is 8.15. The molecule has 1 N–H and O–H groups in total. The van der Waals surface area contributed by atoms with Gasteiger partial charge in [-0.3, -0.25) is 4.79 Å². The Hall–Kier alpha value is -3.28. The fraction of sp³-hybridized carbons (Fsp3) is 0.200. The predicted molar refractivity (Wildman–Crippen MR) is 95.0 cm³/mol. The van der Waals surface area contributed by atoms with Crippen LogP contribution in [-0.2, 0) is 4.79 Å². The Bertz CT molecular complexity index is 855. The van der Waals surface area contributed by atoms with Gasteiger partial charge in [0.2, 0.25) is 0 Å². The van der Waals surface area contributed by atoms with Gasteiger partial charge in [-0.05, 0) is 37.3 Å². The number of allylic oxidation sites excluding steroid dienone is 1. The molecule has 0 amide bonds. The van der Waals surface area contributed by atoms with Crippen LogP contribution in [0.3, 0.4) is 0 Å². The van der Waals surface area contributed by atoms with Gasteiger partial charge in [-0.1, -0.05) is 24.3 Å². The summed E-state index contributed by atoms with van der Waals surface area (Å²) in [4.78, 5) is 23.3. The molecular formula is C20H18O6. The lowest BCUT2D eigenvalue weighted by molar-refractivity contribution is -0.144. The van der Waals surface area contributed by atoms with Crippen molar-refractivity contribution >= 4 is 17.8 Å². The maximum absolute atomic E-state index is 12.4. The Kier molecular flexibility index (Phi) is 5.22. The molecule has 1 heterocycles. The maximum Gasteiger partial charge on any atom is 0.344 e. The minimum Gasteiger partial charge on any atom is -0.486 e. The van der Waals surface area contributed by atoms with Crippen molar-refractivity contribution in [2.45, 2.75) is 13.0 Å². The monoisotopic (exact) mass is 354 g/mol. The van der Waals surface area contributed by atoms with Crippen LogP contribution in [0.4, 0.5) is 0 Å². The van der Waals surface area contributed by atoms with E-state index in [-0.39, 0.29) is 5.78 Å². The number of ether oxygens (including phenoxy) is 3. The van der Waals surface area contributed by atoms with E-state index in [1.54, 1.807) is 24.3 Å². The quantitative estimate of drug-likeness (QED) is 0.634. The van der Waals surface area contributed by atoms with Gasteiger partial charge in [-0.25, -0.2) is 4.79 Å². The fourth-order valence-corrected chi connectivity index (χ4v) is 2.47. The number of carboxylic acids is 1. The molecule has 2 aromatic rings. The smallest absolute Gasteiger partial charge is 0.344 e. The first-order chi connectivity index (χ1) is 12.5. The molecule has 0 saturated heterocycles. The van der Waals surface area contributed by atoms with Crippen molar-refractivity contribution in [3.8, 4) is 17.2 Å². The van der Waals surface area contributed by atoms with Crippen LogP contribution in [0.25, 0.3) is 6.08 Å². The van der Waals surface area contributed by atoms with Crippen LogP contribution in [-0.4, -0.2) is 36.2 Å². The Morgan fingerprint density at radius 3 is 2.73 bits per heavy atom. The van der Waals surface area contributed by atoms with E-state index in [4.69, 9.17) is 19.3 Å². The van der Waals surface area contributed by atoms with Gasteiger partial charge in [0.15, 0.2) is 23.4 Å². The normalized spacial score (nSPS) is 14.0. The summed E-state index contributed by atoms with van der Waals surface area (Å²) in [6.45, 7) is 2.39. The summed E-state index contributed by atoms with van der Waals surface area (Å²) >= 11 is 0. The van der Waals surface area contributed by atoms with Crippen LogP contribution < -0.4 is 14.2 Å². The van der Waals surface area contributed by atoms with Gasteiger partial charge in [-0.2, -0.15) is 0 Å². The van der Waals surface area contributed by atoms with E-state index < -0.39 is 12.1 Å². The summed E-state index contributed by atoms with van der Waals surface area (Å²) in [5.74, 6) is 0.303. The predicted octanol–water partition coefficient (Wildman–Crippen LogP) is 3.21. The van der Waals surface area contributed by atoms with Crippen LogP contribution in [0.5, 0.6) is 17.2 Å². The highest BCUT2D eigenvalue weighted by Crippen LogP contribution is 2.34. The molecule has 0 radical (unpaired) electrons. The molecule has 0 aromatic heterocycles. The van der Waals surface area contributed by atoms with Gasteiger partial charge in [0.05, 0.1) is 0 Å². The molecule has 0 fully saturated rings. The number of aliphatic carboxylic acids is 1. The van der Waals surface area contributed by atoms with Gasteiger partial charge in [0, 0.05) is 11.1 Å². The SMILES string of the molecule is CC(Oc1cccc(C(=O)C=Cc2cccc3c2OCCO3)c1)C(=O)O. The van der Waals surface area contributed by atoms with Gasteiger partial charge < -0.3 is 19.3 Å². The zero-order valence-electron chi connectivity index (χ0n) is 14.2. The van der Waals surface area contributed by atoms with E-state index >= 15 is 0 Å². The highest BCUT2D eigenvalue weighted by molar-refractivity contribution is 6.07. The minimum absolute atomic E-state index is 0.229. The number of para-hydroxylation sites is 1. The highest BCUT2D eigenvalue weighted by Gasteiger charge is 2.15. The lowest BCUT2D eigenvalue weighted by atomic mass is 10.1. The molecule has 1 aliphatic rings.